The Hall–Kier alpha value is -2.08. The van der Waals surface area contributed by atoms with Crippen molar-refractivity contribution in [3.05, 3.63) is 58.7 Å². The van der Waals surface area contributed by atoms with Crippen LogP contribution < -0.4 is 15.5 Å². The number of hydrazine groups is 1. The molecule has 0 amide bonds. The number of aryl methyl sites for hydroxylation is 1. The number of nitrogens with zero attached hydrogens (tertiary/aromatic N) is 2. The highest BCUT2D eigenvalue weighted by Crippen LogP contribution is 2.40. The van der Waals surface area contributed by atoms with Crippen LogP contribution in [0.4, 0.5) is 5.69 Å². The monoisotopic (exact) mass is 367 g/mol. The lowest BCUT2D eigenvalue weighted by Crippen LogP contribution is -2.36. The highest BCUT2D eigenvalue weighted by molar-refractivity contribution is 5.69. The summed E-state index contributed by atoms with van der Waals surface area (Å²) in [6.07, 6.45) is 3.91. The number of aliphatic hydroxyl groups excluding tert-OH is 1. The Morgan fingerprint density at radius 2 is 1.85 bits per heavy atom. The van der Waals surface area contributed by atoms with Gasteiger partial charge in [-0.05, 0) is 54.0 Å². The second kappa shape index (κ2) is 8.30. The average Bonchev–Trinajstić information content (AvgIpc) is 2.88. The van der Waals surface area contributed by atoms with Gasteiger partial charge in [-0.25, -0.2) is 5.01 Å². The van der Waals surface area contributed by atoms with Crippen molar-refractivity contribution in [2.24, 2.45) is 5.84 Å². The lowest BCUT2D eigenvalue weighted by atomic mass is 9.90. The normalized spacial score (nSPS) is 17.0. The number of benzene rings is 2. The third-order valence-corrected chi connectivity index (χ3v) is 5.71. The Labute approximate surface area is 161 Å². The van der Waals surface area contributed by atoms with E-state index in [0.29, 0.717) is 13.2 Å². The summed E-state index contributed by atoms with van der Waals surface area (Å²) in [6.45, 7) is 4.07. The van der Waals surface area contributed by atoms with Gasteiger partial charge >= 0.3 is 0 Å². The Balaban J connectivity index is 1.75. The van der Waals surface area contributed by atoms with Gasteiger partial charge < -0.3 is 14.7 Å². The largest absolute Gasteiger partial charge is 0.490 e. The average molecular weight is 367 g/mol. The van der Waals surface area contributed by atoms with Crippen LogP contribution in [0.2, 0.25) is 0 Å². The maximum Gasteiger partial charge on any atom is 0.143 e. The van der Waals surface area contributed by atoms with Crippen LogP contribution in [0.15, 0.2) is 36.4 Å². The summed E-state index contributed by atoms with van der Waals surface area (Å²) in [7, 11) is 0. The first kappa shape index (κ1) is 18.3. The fourth-order valence-corrected chi connectivity index (χ4v) is 4.33. The van der Waals surface area contributed by atoms with Gasteiger partial charge in [0.15, 0.2) is 0 Å². The van der Waals surface area contributed by atoms with Crippen molar-refractivity contribution in [3.63, 3.8) is 0 Å². The van der Waals surface area contributed by atoms with Crippen molar-refractivity contribution in [2.75, 3.05) is 44.3 Å². The molecule has 2 aliphatic rings. The molecule has 2 aliphatic heterocycles. The number of ether oxygens (including phenoxy) is 1. The van der Waals surface area contributed by atoms with Crippen molar-refractivity contribution >= 4 is 5.69 Å². The zero-order chi connectivity index (χ0) is 18.6. The number of β-amino-alcohol motifs (C(OH)–C–C–N with tert-alkyl or cyclic N) is 1. The first-order valence-corrected chi connectivity index (χ1v) is 9.96. The standard InChI is InChI=1S/C22H29N3O2/c23-25-10-8-18-16-21-22(24(12-14-26)13-15-27-21)20(19(18)9-11-25)7-6-17-4-2-1-3-5-17/h1-5,16,26H,6-15,23H2. The molecule has 5 heteroatoms. The molecule has 3 N–H and O–H groups in total. The summed E-state index contributed by atoms with van der Waals surface area (Å²) in [6, 6.07) is 12.9. The zero-order valence-electron chi connectivity index (χ0n) is 15.9. The topological polar surface area (TPSA) is 62.0 Å². The van der Waals surface area contributed by atoms with Gasteiger partial charge in [0.2, 0.25) is 0 Å². The fourth-order valence-electron chi connectivity index (χ4n) is 4.33. The molecule has 4 rings (SSSR count). The second-order valence-corrected chi connectivity index (χ2v) is 7.42. The predicted molar refractivity (Wildman–Crippen MR) is 108 cm³/mol. The minimum Gasteiger partial charge on any atom is -0.490 e. The van der Waals surface area contributed by atoms with Crippen LogP contribution in [0.5, 0.6) is 5.75 Å². The highest BCUT2D eigenvalue weighted by Gasteiger charge is 2.27. The van der Waals surface area contributed by atoms with Crippen molar-refractivity contribution in [1.29, 1.82) is 0 Å². The van der Waals surface area contributed by atoms with Gasteiger partial charge in [-0.15, -0.1) is 0 Å². The molecule has 27 heavy (non-hydrogen) atoms. The minimum absolute atomic E-state index is 0.158. The van der Waals surface area contributed by atoms with E-state index in [1.807, 2.05) is 5.01 Å². The van der Waals surface area contributed by atoms with E-state index in [0.717, 1.165) is 51.1 Å². The lowest BCUT2D eigenvalue weighted by Gasteiger charge is -2.34. The molecule has 2 heterocycles. The molecule has 0 unspecified atom stereocenters. The summed E-state index contributed by atoms with van der Waals surface area (Å²) < 4.78 is 6.06. The highest BCUT2D eigenvalue weighted by atomic mass is 16.5. The van der Waals surface area contributed by atoms with E-state index < -0.39 is 0 Å². The van der Waals surface area contributed by atoms with Gasteiger partial charge in [-0.2, -0.15) is 0 Å². The van der Waals surface area contributed by atoms with Crippen LogP contribution in [-0.2, 0) is 25.7 Å². The second-order valence-electron chi connectivity index (χ2n) is 7.42. The molecule has 0 aliphatic carbocycles. The van der Waals surface area contributed by atoms with Crippen molar-refractivity contribution < 1.29 is 9.84 Å². The summed E-state index contributed by atoms with van der Waals surface area (Å²) in [5.74, 6) is 7.09. The first-order chi connectivity index (χ1) is 13.3. The number of hydrogen-bond acceptors (Lipinski definition) is 5. The molecule has 144 valence electrons. The Kier molecular flexibility index (Phi) is 5.62. The van der Waals surface area contributed by atoms with Gasteiger partial charge in [0.1, 0.15) is 12.4 Å². The molecule has 2 aromatic rings. The third kappa shape index (κ3) is 3.95. The first-order valence-electron chi connectivity index (χ1n) is 9.96. The van der Waals surface area contributed by atoms with Crippen LogP contribution >= 0.6 is 0 Å². The quantitative estimate of drug-likeness (QED) is 0.791. The molecule has 0 saturated heterocycles. The molecular formula is C22H29N3O2. The molecule has 0 aromatic heterocycles. The zero-order valence-corrected chi connectivity index (χ0v) is 15.9. The molecule has 0 fully saturated rings. The summed E-state index contributed by atoms with van der Waals surface area (Å²) >= 11 is 0. The van der Waals surface area contributed by atoms with Gasteiger partial charge in [0.05, 0.1) is 18.8 Å². The van der Waals surface area contributed by atoms with E-state index in [-0.39, 0.29) is 6.61 Å². The van der Waals surface area contributed by atoms with Crippen molar-refractivity contribution in [3.8, 4) is 5.75 Å². The van der Waals surface area contributed by atoms with Crippen LogP contribution in [0.25, 0.3) is 0 Å². The molecule has 0 spiro atoms. The van der Waals surface area contributed by atoms with E-state index in [2.05, 4.69) is 41.3 Å². The number of rotatable bonds is 5. The number of anilines is 1. The van der Waals surface area contributed by atoms with E-state index in [9.17, 15) is 5.11 Å². The van der Waals surface area contributed by atoms with Crippen LogP contribution in [-0.4, -0.2) is 49.5 Å². The molecule has 2 aromatic carbocycles. The van der Waals surface area contributed by atoms with Gasteiger partial charge in [-0.1, -0.05) is 30.3 Å². The number of nitrogens with two attached hydrogens (primary N) is 1. The van der Waals surface area contributed by atoms with Gasteiger partial charge in [0.25, 0.3) is 0 Å². The van der Waals surface area contributed by atoms with E-state index in [1.165, 1.54) is 27.9 Å². The molecular weight excluding hydrogens is 338 g/mol. The Bertz CT molecular complexity index is 779. The molecule has 0 bridgehead atoms. The predicted octanol–water partition coefficient (Wildman–Crippen LogP) is 1.94. The van der Waals surface area contributed by atoms with E-state index in [4.69, 9.17) is 10.6 Å². The summed E-state index contributed by atoms with van der Waals surface area (Å²) in [5, 5.41) is 11.5. The summed E-state index contributed by atoms with van der Waals surface area (Å²) in [4.78, 5) is 2.30. The van der Waals surface area contributed by atoms with Crippen molar-refractivity contribution in [2.45, 2.75) is 25.7 Å². The Morgan fingerprint density at radius 3 is 2.67 bits per heavy atom. The maximum atomic E-state index is 9.56. The van der Waals surface area contributed by atoms with Crippen LogP contribution in [0.1, 0.15) is 22.3 Å². The maximum absolute atomic E-state index is 9.56. The Morgan fingerprint density at radius 1 is 1.04 bits per heavy atom. The number of fused-ring (bicyclic) bond motifs is 2. The van der Waals surface area contributed by atoms with Crippen LogP contribution in [0.3, 0.4) is 0 Å². The SMILES string of the molecule is NN1CCc2cc3c(c(CCc4ccccc4)c2CC1)N(CCO)CCO3. The number of hydrogen-bond donors (Lipinski definition) is 2. The van der Waals surface area contributed by atoms with E-state index in [1.54, 1.807) is 0 Å². The van der Waals surface area contributed by atoms with Crippen molar-refractivity contribution in [1.82, 2.24) is 5.01 Å². The molecule has 0 atom stereocenters. The van der Waals surface area contributed by atoms with E-state index >= 15 is 0 Å². The molecule has 5 nitrogen and oxygen atoms in total. The lowest BCUT2D eigenvalue weighted by molar-refractivity contribution is 0.277. The van der Waals surface area contributed by atoms with Gasteiger partial charge in [0, 0.05) is 19.6 Å². The number of aliphatic hydroxyl groups is 1. The molecule has 0 saturated carbocycles. The fraction of sp³-hybridized carbons (Fsp3) is 0.455. The van der Waals surface area contributed by atoms with Gasteiger partial charge in [-0.3, -0.25) is 5.84 Å². The smallest absolute Gasteiger partial charge is 0.143 e. The van der Waals surface area contributed by atoms with Crippen LogP contribution in [0, 0.1) is 0 Å². The summed E-state index contributed by atoms with van der Waals surface area (Å²) in [5.41, 5.74) is 6.73. The molecule has 0 radical (unpaired) electrons. The third-order valence-electron chi connectivity index (χ3n) is 5.71. The minimum atomic E-state index is 0.158.